The molecule has 0 spiro atoms. The second-order valence-corrected chi connectivity index (χ2v) is 6.26. The molecule has 0 aliphatic rings. The summed E-state index contributed by atoms with van der Waals surface area (Å²) < 4.78 is 3.22. The Labute approximate surface area is 94.6 Å². The predicted molar refractivity (Wildman–Crippen MR) is 63.6 cm³/mol. The highest BCUT2D eigenvalue weighted by atomic mass is 24.5. The fourth-order valence-electron chi connectivity index (χ4n) is 1.91. The molecule has 0 fully saturated rings. The summed E-state index contributed by atoms with van der Waals surface area (Å²) in [4.78, 5) is 0. The van der Waals surface area contributed by atoms with E-state index in [9.17, 15) is 0 Å². The van der Waals surface area contributed by atoms with Gasteiger partial charge in [-0.15, -0.1) is 9.10 Å². The Kier molecular flexibility index (Phi) is 11.5. The van der Waals surface area contributed by atoms with Crippen LogP contribution in [0.5, 0.6) is 0 Å². The van der Waals surface area contributed by atoms with E-state index in [1.807, 2.05) is 0 Å². The predicted octanol–water partition coefficient (Wildman–Crippen LogP) is 4.54. The molecule has 0 heterocycles. The van der Waals surface area contributed by atoms with Crippen LogP contribution in [0, 0.1) is 5.92 Å². The molecular formula is C12H26Mg. The number of rotatable bonds is 9. The maximum atomic E-state index is 2.37. The molecule has 1 unspecified atom stereocenters. The average molecular weight is 195 g/mol. The van der Waals surface area contributed by atoms with E-state index in [2.05, 4.69) is 20.8 Å². The Hall–Kier alpha value is 0.766. The Bertz CT molecular complexity index is 91.1. The van der Waals surface area contributed by atoms with Gasteiger partial charge in [0.15, 0.2) is 0 Å². The minimum absolute atomic E-state index is 0.314. The van der Waals surface area contributed by atoms with Gasteiger partial charge >= 0.3 is 20.4 Å². The highest BCUT2D eigenvalue weighted by Gasteiger charge is 2.06. The van der Waals surface area contributed by atoms with Crippen molar-refractivity contribution in [2.45, 2.75) is 68.4 Å². The monoisotopic (exact) mass is 194 g/mol. The minimum atomic E-state index is 0.314. The summed E-state index contributed by atoms with van der Waals surface area (Å²) in [7, 11) is 0. The number of unbranched alkanes of at least 4 members (excludes halogenated alkanes) is 2. The van der Waals surface area contributed by atoms with E-state index in [1.165, 1.54) is 38.5 Å². The zero-order chi connectivity index (χ0) is 9.94. The third kappa shape index (κ3) is 9.08. The van der Waals surface area contributed by atoms with Gasteiger partial charge in [-0.3, -0.25) is 0 Å². The largest absolute Gasteiger partial charge is 0.364 e. The molecule has 0 bridgehead atoms. The summed E-state index contributed by atoms with van der Waals surface area (Å²) in [6.07, 6.45) is 8.67. The molecule has 0 aliphatic carbocycles. The van der Waals surface area contributed by atoms with Crippen LogP contribution in [0.15, 0.2) is 0 Å². The molecule has 0 aromatic carbocycles. The zero-order valence-electron chi connectivity index (χ0n) is 9.94. The summed E-state index contributed by atoms with van der Waals surface area (Å²) in [5.41, 5.74) is 0. The third-order valence-corrected chi connectivity index (χ3v) is 5.23. The van der Waals surface area contributed by atoms with Gasteiger partial charge in [-0.05, 0) is 0 Å². The van der Waals surface area contributed by atoms with Gasteiger partial charge in [-0.1, -0.05) is 65.2 Å². The van der Waals surface area contributed by atoms with Gasteiger partial charge in [0.2, 0.25) is 0 Å². The fourth-order valence-corrected chi connectivity index (χ4v) is 4.32. The first-order chi connectivity index (χ1) is 6.35. The van der Waals surface area contributed by atoms with Crippen LogP contribution in [0.3, 0.4) is 0 Å². The Morgan fingerprint density at radius 2 is 1.69 bits per heavy atom. The van der Waals surface area contributed by atoms with Gasteiger partial charge in [0.1, 0.15) is 0 Å². The molecule has 0 radical (unpaired) electrons. The first kappa shape index (κ1) is 13.8. The average Bonchev–Trinajstić information content (AvgIpc) is 2.17. The number of hydrogen-bond acceptors (Lipinski definition) is 0. The molecule has 13 heavy (non-hydrogen) atoms. The smallest absolute Gasteiger partial charge is 0.146 e. The highest BCUT2D eigenvalue weighted by Crippen LogP contribution is 2.17. The molecule has 76 valence electrons. The number of hydrogen-bond donors (Lipinski definition) is 0. The van der Waals surface area contributed by atoms with Crippen molar-refractivity contribution in [2.75, 3.05) is 0 Å². The van der Waals surface area contributed by atoms with Gasteiger partial charge in [0.05, 0.1) is 0 Å². The molecule has 0 aliphatic heterocycles. The van der Waals surface area contributed by atoms with Crippen LogP contribution < -0.4 is 0 Å². The van der Waals surface area contributed by atoms with Crippen LogP contribution in [0.2, 0.25) is 9.10 Å². The van der Waals surface area contributed by atoms with Crippen LogP contribution in [0.25, 0.3) is 0 Å². The van der Waals surface area contributed by atoms with Crippen LogP contribution in [-0.2, 0) is 0 Å². The van der Waals surface area contributed by atoms with E-state index >= 15 is 0 Å². The van der Waals surface area contributed by atoms with Crippen LogP contribution in [0.4, 0.5) is 0 Å². The Morgan fingerprint density at radius 1 is 1.00 bits per heavy atom. The summed E-state index contributed by atoms with van der Waals surface area (Å²) in [5, 5.41) is 0. The molecule has 0 N–H and O–H groups in total. The lowest BCUT2D eigenvalue weighted by Gasteiger charge is -2.13. The van der Waals surface area contributed by atoms with Gasteiger partial charge in [0.25, 0.3) is 0 Å². The summed E-state index contributed by atoms with van der Waals surface area (Å²) in [6.45, 7) is 6.98. The van der Waals surface area contributed by atoms with Gasteiger partial charge in [0, 0.05) is 0 Å². The standard InChI is InChI=1S/C8H17.C4H9.Mg/c1-4-6-7-8(3)5-2;1-3-4-2;/h8H,3-7H2,1-2H3;1,3-4H2,2H3;. The van der Waals surface area contributed by atoms with Crippen molar-refractivity contribution in [3.63, 3.8) is 0 Å². The topological polar surface area (TPSA) is 0 Å². The van der Waals surface area contributed by atoms with Crippen molar-refractivity contribution < 1.29 is 0 Å². The van der Waals surface area contributed by atoms with E-state index in [4.69, 9.17) is 0 Å². The fraction of sp³-hybridized carbons (Fsp3) is 1.00. The quantitative estimate of drug-likeness (QED) is 0.373. The molecular weight excluding hydrogens is 168 g/mol. The molecule has 1 atom stereocenters. The molecule has 0 saturated heterocycles. The van der Waals surface area contributed by atoms with E-state index in [1.54, 1.807) is 9.10 Å². The molecule has 1 heteroatoms. The summed E-state index contributed by atoms with van der Waals surface area (Å²) >= 11 is 0.314. The van der Waals surface area contributed by atoms with E-state index in [0.29, 0.717) is 20.4 Å². The van der Waals surface area contributed by atoms with Crippen LogP contribution >= 0.6 is 0 Å². The minimum Gasteiger partial charge on any atom is -0.146 e. The lowest BCUT2D eigenvalue weighted by molar-refractivity contribution is 0.489. The summed E-state index contributed by atoms with van der Waals surface area (Å²) in [5.74, 6) is 1.09. The molecule has 0 rings (SSSR count). The van der Waals surface area contributed by atoms with E-state index in [-0.39, 0.29) is 0 Å². The maximum absolute atomic E-state index is 2.37. The second-order valence-electron chi connectivity index (χ2n) is 4.27. The highest BCUT2D eigenvalue weighted by molar-refractivity contribution is 6.35. The summed E-state index contributed by atoms with van der Waals surface area (Å²) in [6, 6.07) is 0. The van der Waals surface area contributed by atoms with Crippen molar-refractivity contribution in [3.8, 4) is 0 Å². The van der Waals surface area contributed by atoms with E-state index < -0.39 is 0 Å². The van der Waals surface area contributed by atoms with Gasteiger partial charge in [-0.2, -0.15) is 0 Å². The molecule has 0 saturated carbocycles. The van der Waals surface area contributed by atoms with Gasteiger partial charge in [-0.25, -0.2) is 0 Å². The molecule has 0 aromatic heterocycles. The van der Waals surface area contributed by atoms with E-state index in [0.717, 1.165) is 5.92 Å². The lowest BCUT2D eigenvalue weighted by atomic mass is 10.0. The van der Waals surface area contributed by atoms with Crippen molar-refractivity contribution in [1.29, 1.82) is 0 Å². The van der Waals surface area contributed by atoms with Crippen molar-refractivity contribution in [3.05, 3.63) is 0 Å². The Morgan fingerprint density at radius 3 is 2.23 bits per heavy atom. The zero-order valence-corrected chi connectivity index (χ0v) is 11.4. The van der Waals surface area contributed by atoms with Crippen molar-refractivity contribution >= 4 is 20.4 Å². The normalized spacial score (nSPS) is 12.5. The van der Waals surface area contributed by atoms with Gasteiger partial charge < -0.3 is 0 Å². The maximum Gasteiger partial charge on any atom is 0.364 e. The van der Waals surface area contributed by atoms with Crippen LogP contribution in [0.1, 0.15) is 59.3 Å². The first-order valence-electron chi connectivity index (χ1n) is 6.35. The SMILES string of the molecule is CCC[CH2][Mg][CH2]C(CC)CCCC. The second kappa shape index (κ2) is 10.8. The lowest BCUT2D eigenvalue weighted by Crippen LogP contribution is -2.02. The Balaban J connectivity index is 3.25. The first-order valence-corrected chi connectivity index (χ1v) is 8.35. The van der Waals surface area contributed by atoms with Crippen molar-refractivity contribution in [1.82, 2.24) is 0 Å². The third-order valence-electron chi connectivity index (χ3n) is 3.01. The molecule has 0 amide bonds. The van der Waals surface area contributed by atoms with Crippen molar-refractivity contribution in [2.24, 2.45) is 5.92 Å². The molecule has 0 aromatic rings. The molecule has 0 nitrogen and oxygen atoms in total. The van der Waals surface area contributed by atoms with Crippen LogP contribution in [-0.4, -0.2) is 20.4 Å².